The number of anilines is 4. The first-order valence-electron chi connectivity index (χ1n) is 9.36. The summed E-state index contributed by atoms with van der Waals surface area (Å²) in [5, 5.41) is -2.15. The van der Waals surface area contributed by atoms with Crippen molar-refractivity contribution in [3.8, 4) is 0 Å². The molecule has 0 aliphatic carbocycles. The van der Waals surface area contributed by atoms with Gasteiger partial charge in [-0.15, -0.1) is 0 Å². The zero-order valence-corrected chi connectivity index (χ0v) is 17.8. The monoisotopic (exact) mass is 541 g/mol. The van der Waals surface area contributed by atoms with E-state index >= 15 is 8.96 Å². The fraction of sp³-hybridized carbons (Fsp3) is 0.0476. The summed E-state index contributed by atoms with van der Waals surface area (Å²) < 4.78 is 145. The summed E-state index contributed by atoms with van der Waals surface area (Å²) in [5.74, 6) is -21.7. The van der Waals surface area contributed by atoms with E-state index in [-0.39, 0.29) is 24.3 Å². The Morgan fingerprint density at radius 1 is 0.622 bits per heavy atom. The summed E-state index contributed by atoms with van der Waals surface area (Å²) >= 11 is 0. The van der Waals surface area contributed by atoms with Crippen molar-refractivity contribution >= 4 is 34.6 Å². The molecular weight excluding hydrogens is 532 g/mol. The lowest BCUT2D eigenvalue weighted by atomic mass is 10.0. The fourth-order valence-electron chi connectivity index (χ4n) is 3.04. The molecule has 6 nitrogen and oxygen atoms in total. The van der Waals surface area contributed by atoms with Crippen molar-refractivity contribution in [3.05, 3.63) is 81.9 Å². The van der Waals surface area contributed by atoms with Gasteiger partial charge < -0.3 is 10.5 Å². The molecule has 3 rings (SSSR count). The number of rotatable bonds is 6. The van der Waals surface area contributed by atoms with Crippen LogP contribution in [0.5, 0.6) is 0 Å². The van der Waals surface area contributed by atoms with Crippen molar-refractivity contribution in [1.82, 2.24) is 0 Å². The Kier molecular flexibility index (Phi) is 7.22. The second-order valence-corrected chi connectivity index (χ2v) is 6.94. The highest BCUT2D eigenvalue weighted by Crippen LogP contribution is 2.43. The van der Waals surface area contributed by atoms with Crippen LogP contribution >= 0.6 is 0 Å². The summed E-state index contributed by atoms with van der Waals surface area (Å²) in [6, 6.07) is -0.0718. The van der Waals surface area contributed by atoms with Crippen molar-refractivity contribution in [2.24, 2.45) is 5.73 Å². The maximum Gasteiger partial charge on any atom is 0.338 e. The van der Waals surface area contributed by atoms with Gasteiger partial charge in [0.2, 0.25) is 5.91 Å². The number of hydrogen-bond acceptors (Lipinski definition) is 5. The normalized spacial score (nSPS) is 10.9. The molecule has 2 N–H and O–H groups in total. The minimum absolute atomic E-state index is 0.198. The zero-order chi connectivity index (χ0) is 27.9. The summed E-state index contributed by atoms with van der Waals surface area (Å²) in [5.41, 5.74) is -3.35. The summed E-state index contributed by atoms with van der Waals surface area (Å²) in [6.07, 6.45) is 0. The maximum atomic E-state index is 15.3. The molecule has 196 valence electrons. The van der Waals surface area contributed by atoms with Crippen LogP contribution in [0.25, 0.3) is 0 Å². The zero-order valence-electron chi connectivity index (χ0n) is 17.8. The van der Waals surface area contributed by atoms with Gasteiger partial charge in [0.1, 0.15) is 22.7 Å². The average Bonchev–Trinajstić information content (AvgIpc) is 2.88. The third-order valence-electron chi connectivity index (χ3n) is 4.80. The van der Waals surface area contributed by atoms with E-state index in [1.807, 2.05) is 0 Å². The number of esters is 1. The molecule has 1 amide bonds. The van der Waals surface area contributed by atoms with Crippen LogP contribution in [0.3, 0.4) is 0 Å². The molecule has 3 aromatic rings. The number of primary amides is 1. The molecule has 0 atom stereocenters. The molecule has 0 fully saturated rings. The molecule has 0 spiro atoms. The minimum atomic E-state index is -2.52. The Hall–Kier alpha value is -4.50. The van der Waals surface area contributed by atoms with Crippen LogP contribution in [0, 0.1) is 46.5 Å². The molecule has 0 radical (unpaired) electrons. The summed E-state index contributed by atoms with van der Waals surface area (Å²) in [6.45, 7) is 0. The predicted octanol–water partition coefficient (Wildman–Crippen LogP) is 5.73. The number of carbonyl (C=O) groups is 2. The number of nitrogens with two attached hydrogens (primary N) is 1. The van der Waals surface area contributed by atoms with E-state index in [9.17, 15) is 44.7 Å². The van der Waals surface area contributed by atoms with Crippen molar-refractivity contribution in [3.63, 3.8) is 0 Å². The highest BCUT2D eigenvalue weighted by Gasteiger charge is 2.32. The molecule has 0 unspecified atom stereocenters. The smallest absolute Gasteiger partial charge is 0.338 e. The molecule has 0 bridgehead atoms. The van der Waals surface area contributed by atoms with E-state index in [1.54, 1.807) is 0 Å². The number of nitrogens with zero attached hydrogens (tertiary/aromatic N) is 2. The van der Waals surface area contributed by atoms with Crippen LogP contribution in [0.15, 0.2) is 24.3 Å². The highest BCUT2D eigenvalue weighted by molar-refractivity contribution is 6.07. The standard InChI is InChI=1S/C21H9F10N3O3/c1-37-21(36)7-3-11(34(31)13-5-9(23)15(25)19(29)17(13)27)10(2-6(7)20(32)35)33(30)12-4-8(22)14(24)18(28)16(12)26/h2-5H,1H3,(H2,32,35). The lowest BCUT2D eigenvalue weighted by Crippen LogP contribution is -2.21. The van der Waals surface area contributed by atoms with Gasteiger partial charge in [0.25, 0.3) is 0 Å². The van der Waals surface area contributed by atoms with Gasteiger partial charge in [-0.1, -0.05) is 8.96 Å². The minimum Gasteiger partial charge on any atom is -0.465 e. The number of amides is 1. The van der Waals surface area contributed by atoms with Gasteiger partial charge in [0.15, 0.2) is 46.5 Å². The Balaban J connectivity index is 2.40. The molecule has 0 aliphatic heterocycles. The fourth-order valence-corrected chi connectivity index (χ4v) is 3.04. The van der Waals surface area contributed by atoms with Gasteiger partial charge >= 0.3 is 5.97 Å². The molecular formula is C21H9F10N3O3. The summed E-state index contributed by atoms with van der Waals surface area (Å²) in [4.78, 5) is 23.9. The predicted molar refractivity (Wildman–Crippen MR) is 105 cm³/mol. The average molecular weight is 541 g/mol. The topological polar surface area (TPSA) is 75.9 Å². The Morgan fingerprint density at radius 2 is 1.00 bits per heavy atom. The number of carbonyl (C=O) groups excluding carboxylic acids is 2. The molecule has 3 aromatic carbocycles. The first-order valence-corrected chi connectivity index (χ1v) is 9.36. The molecule has 0 heterocycles. The van der Waals surface area contributed by atoms with E-state index in [0.717, 1.165) is 7.11 Å². The van der Waals surface area contributed by atoms with Crippen LogP contribution in [0.1, 0.15) is 20.7 Å². The third-order valence-corrected chi connectivity index (χ3v) is 4.80. The Bertz CT molecular complexity index is 1450. The lowest BCUT2D eigenvalue weighted by Gasteiger charge is -2.24. The number of ether oxygens (including phenoxy) is 1. The van der Waals surface area contributed by atoms with Crippen molar-refractivity contribution in [2.45, 2.75) is 0 Å². The SMILES string of the molecule is COC(=O)c1cc(N(F)c2cc(F)c(F)c(F)c2F)c(N(F)c2cc(F)c(F)c(F)c2F)cc1C(N)=O. The lowest BCUT2D eigenvalue weighted by molar-refractivity contribution is 0.0597. The molecule has 0 saturated carbocycles. The van der Waals surface area contributed by atoms with E-state index in [1.165, 1.54) is 0 Å². The highest BCUT2D eigenvalue weighted by atomic mass is 19.2. The molecule has 0 aromatic heterocycles. The first-order chi connectivity index (χ1) is 17.2. The largest absolute Gasteiger partial charge is 0.465 e. The van der Waals surface area contributed by atoms with E-state index in [4.69, 9.17) is 5.73 Å². The van der Waals surface area contributed by atoms with Gasteiger partial charge in [-0.2, -0.15) is 10.2 Å². The Morgan fingerprint density at radius 3 is 1.35 bits per heavy atom. The second-order valence-electron chi connectivity index (χ2n) is 6.94. The number of hydrogen-bond donors (Lipinski definition) is 1. The van der Waals surface area contributed by atoms with Crippen LogP contribution in [0.4, 0.5) is 66.8 Å². The quantitative estimate of drug-likeness (QED) is 0.142. The summed E-state index contributed by atoms with van der Waals surface area (Å²) in [7, 11) is 0.763. The molecule has 16 heteroatoms. The van der Waals surface area contributed by atoms with Gasteiger partial charge in [0.05, 0.1) is 18.2 Å². The number of benzene rings is 3. The van der Waals surface area contributed by atoms with Crippen molar-refractivity contribution < 1.29 is 58.4 Å². The first kappa shape index (κ1) is 27.1. The van der Waals surface area contributed by atoms with E-state index in [2.05, 4.69) is 4.74 Å². The molecule has 0 saturated heterocycles. The van der Waals surface area contributed by atoms with Crippen LogP contribution in [-0.4, -0.2) is 19.0 Å². The van der Waals surface area contributed by atoms with Crippen LogP contribution in [0.2, 0.25) is 0 Å². The Labute approximate surface area is 198 Å². The van der Waals surface area contributed by atoms with Gasteiger partial charge in [-0.05, 0) is 12.1 Å². The molecule has 37 heavy (non-hydrogen) atoms. The second kappa shape index (κ2) is 9.87. The van der Waals surface area contributed by atoms with Gasteiger partial charge in [-0.25, -0.2) is 39.9 Å². The van der Waals surface area contributed by atoms with Gasteiger partial charge in [-0.3, -0.25) is 4.79 Å². The number of halogens is 10. The third kappa shape index (κ3) is 4.56. The van der Waals surface area contributed by atoms with E-state index in [0.29, 0.717) is 0 Å². The van der Waals surface area contributed by atoms with Crippen molar-refractivity contribution in [1.29, 1.82) is 0 Å². The maximum absolute atomic E-state index is 15.3. The molecule has 0 aliphatic rings. The number of methoxy groups -OCH3 is 1. The van der Waals surface area contributed by atoms with E-state index < -0.39 is 103 Å². The van der Waals surface area contributed by atoms with Gasteiger partial charge in [0, 0.05) is 12.1 Å². The van der Waals surface area contributed by atoms with Crippen molar-refractivity contribution in [2.75, 3.05) is 17.4 Å². The van der Waals surface area contributed by atoms with Crippen LogP contribution < -0.4 is 16.0 Å². The van der Waals surface area contributed by atoms with Crippen LogP contribution in [-0.2, 0) is 4.74 Å².